The molecule has 0 amide bonds. The fourth-order valence-corrected chi connectivity index (χ4v) is 5.96. The van der Waals surface area contributed by atoms with Crippen molar-refractivity contribution in [1.82, 2.24) is 0 Å². The highest BCUT2D eigenvalue weighted by atomic mass is 127. The Morgan fingerprint density at radius 3 is 2.31 bits per heavy atom. The number of alkyl halides is 1. The van der Waals surface area contributed by atoms with Crippen molar-refractivity contribution in [3.8, 4) is 0 Å². The highest BCUT2D eigenvalue weighted by molar-refractivity contribution is 14.1. The van der Waals surface area contributed by atoms with Crippen molar-refractivity contribution >= 4 is 32.4 Å². The Balaban J connectivity index is 2.35. The van der Waals surface area contributed by atoms with Crippen LogP contribution in [-0.4, -0.2) is 17.6 Å². The third-order valence-corrected chi connectivity index (χ3v) is 7.39. The van der Waals surface area contributed by atoms with Crippen LogP contribution in [0.5, 0.6) is 0 Å². The first-order valence-corrected chi connectivity index (χ1v) is 8.25. The maximum atomic E-state index is 12.4. The molecule has 1 aromatic rings. The van der Waals surface area contributed by atoms with Gasteiger partial charge < -0.3 is 0 Å². The van der Waals surface area contributed by atoms with Crippen LogP contribution >= 0.6 is 22.6 Å². The minimum atomic E-state index is -3.11. The molecule has 4 heteroatoms. The first-order chi connectivity index (χ1) is 7.51. The van der Waals surface area contributed by atoms with E-state index in [1.54, 1.807) is 12.1 Å². The van der Waals surface area contributed by atoms with E-state index in [0.717, 1.165) is 24.8 Å². The van der Waals surface area contributed by atoms with Gasteiger partial charge in [0.25, 0.3) is 0 Å². The summed E-state index contributed by atoms with van der Waals surface area (Å²) in [6, 6.07) is 7.19. The van der Waals surface area contributed by atoms with Crippen molar-refractivity contribution in [2.24, 2.45) is 0 Å². The molecule has 0 heterocycles. The number of hydrogen-bond donors (Lipinski definition) is 0. The Kier molecular flexibility index (Phi) is 3.59. The summed E-state index contributed by atoms with van der Waals surface area (Å²) < 4.78 is 25.0. The van der Waals surface area contributed by atoms with Crippen LogP contribution in [0.4, 0.5) is 0 Å². The smallest absolute Gasteiger partial charge is 0.182 e. The second-order valence-corrected chi connectivity index (χ2v) is 8.11. The molecule has 0 N–H and O–H groups in total. The largest absolute Gasteiger partial charge is 0.223 e. The summed E-state index contributed by atoms with van der Waals surface area (Å²) in [5.41, 5.74) is 1.09. The zero-order valence-electron chi connectivity index (χ0n) is 9.19. The van der Waals surface area contributed by atoms with Crippen LogP contribution in [0, 0.1) is 6.92 Å². The van der Waals surface area contributed by atoms with Crippen molar-refractivity contribution in [2.45, 2.75) is 40.3 Å². The Morgan fingerprint density at radius 2 is 1.81 bits per heavy atom. The van der Waals surface area contributed by atoms with Crippen molar-refractivity contribution in [3.63, 3.8) is 0 Å². The Hall–Kier alpha value is -0.100. The van der Waals surface area contributed by atoms with Crippen LogP contribution in [0.25, 0.3) is 0 Å². The molecule has 2 unspecified atom stereocenters. The molecule has 1 saturated carbocycles. The van der Waals surface area contributed by atoms with E-state index in [0.29, 0.717) is 4.90 Å². The van der Waals surface area contributed by atoms with Crippen molar-refractivity contribution in [2.75, 3.05) is 0 Å². The maximum Gasteiger partial charge on any atom is 0.182 e. The predicted octanol–water partition coefficient (Wildman–Crippen LogP) is 3.12. The van der Waals surface area contributed by atoms with Gasteiger partial charge in [0, 0.05) is 3.92 Å². The molecule has 1 fully saturated rings. The van der Waals surface area contributed by atoms with E-state index in [2.05, 4.69) is 22.6 Å². The van der Waals surface area contributed by atoms with Gasteiger partial charge in [-0.2, -0.15) is 0 Å². The molecule has 2 rings (SSSR count). The summed E-state index contributed by atoms with van der Waals surface area (Å²) in [6.45, 7) is 1.97. The minimum Gasteiger partial charge on any atom is -0.223 e. The molecule has 0 spiro atoms. The second kappa shape index (κ2) is 4.64. The Labute approximate surface area is 111 Å². The molecule has 0 aromatic heterocycles. The third-order valence-electron chi connectivity index (χ3n) is 3.12. The average molecular weight is 350 g/mol. The van der Waals surface area contributed by atoms with Gasteiger partial charge in [0.1, 0.15) is 0 Å². The van der Waals surface area contributed by atoms with Gasteiger partial charge in [-0.25, -0.2) is 8.42 Å². The summed E-state index contributed by atoms with van der Waals surface area (Å²) >= 11 is 2.27. The minimum absolute atomic E-state index is 0.184. The summed E-state index contributed by atoms with van der Waals surface area (Å²) in [6.07, 6.45) is 2.86. The van der Waals surface area contributed by atoms with Crippen LogP contribution in [0.1, 0.15) is 24.8 Å². The molecule has 0 radical (unpaired) electrons. The van der Waals surface area contributed by atoms with Crippen LogP contribution < -0.4 is 0 Å². The van der Waals surface area contributed by atoms with Gasteiger partial charge in [-0.15, -0.1) is 0 Å². The maximum absolute atomic E-state index is 12.4. The molecule has 1 aliphatic carbocycles. The van der Waals surface area contributed by atoms with E-state index in [1.165, 1.54) is 0 Å². The summed E-state index contributed by atoms with van der Waals surface area (Å²) in [7, 11) is -3.11. The van der Waals surface area contributed by atoms with Crippen LogP contribution in [0.3, 0.4) is 0 Å². The molecule has 0 aliphatic heterocycles. The molecule has 16 heavy (non-hydrogen) atoms. The van der Waals surface area contributed by atoms with Gasteiger partial charge in [-0.1, -0.05) is 46.7 Å². The third kappa shape index (κ3) is 2.27. The highest BCUT2D eigenvalue weighted by Crippen LogP contribution is 2.34. The van der Waals surface area contributed by atoms with Gasteiger partial charge in [0.2, 0.25) is 0 Å². The topological polar surface area (TPSA) is 34.1 Å². The summed E-state index contributed by atoms with van der Waals surface area (Å²) in [4.78, 5) is 0.478. The van der Waals surface area contributed by atoms with Gasteiger partial charge >= 0.3 is 0 Å². The van der Waals surface area contributed by atoms with Gasteiger partial charge in [0.05, 0.1) is 10.1 Å². The predicted molar refractivity (Wildman–Crippen MR) is 73.8 cm³/mol. The average Bonchev–Trinajstić information content (AvgIpc) is 2.66. The van der Waals surface area contributed by atoms with Crippen molar-refractivity contribution in [1.29, 1.82) is 0 Å². The van der Waals surface area contributed by atoms with E-state index >= 15 is 0 Å². The van der Waals surface area contributed by atoms with Crippen LogP contribution in [0.2, 0.25) is 0 Å². The second-order valence-electron chi connectivity index (χ2n) is 4.34. The van der Waals surface area contributed by atoms with E-state index < -0.39 is 9.84 Å². The highest BCUT2D eigenvalue weighted by Gasteiger charge is 2.36. The molecule has 1 aliphatic rings. The van der Waals surface area contributed by atoms with Crippen molar-refractivity contribution < 1.29 is 8.42 Å². The lowest BCUT2D eigenvalue weighted by molar-refractivity contribution is 0.582. The molecular weight excluding hydrogens is 335 g/mol. The first kappa shape index (κ1) is 12.4. The number of halogens is 1. The van der Waals surface area contributed by atoms with E-state index in [4.69, 9.17) is 0 Å². The van der Waals surface area contributed by atoms with Gasteiger partial charge in [0.15, 0.2) is 9.84 Å². The monoisotopic (exact) mass is 350 g/mol. The zero-order chi connectivity index (χ0) is 11.8. The number of rotatable bonds is 2. The molecule has 0 bridgehead atoms. The van der Waals surface area contributed by atoms with E-state index in [1.807, 2.05) is 19.1 Å². The lowest BCUT2D eigenvalue weighted by Gasteiger charge is -2.15. The molecule has 1 aromatic carbocycles. The van der Waals surface area contributed by atoms with Crippen LogP contribution in [-0.2, 0) is 9.84 Å². The first-order valence-electron chi connectivity index (χ1n) is 5.46. The lowest BCUT2D eigenvalue weighted by atomic mass is 10.2. The molecular formula is C12H15IO2S. The summed E-state index contributed by atoms with van der Waals surface area (Å²) in [5, 5.41) is -0.184. The standard InChI is InChI=1S/C12H15IO2S/c1-9-5-7-10(8-6-9)16(14,15)12-4-2-3-11(12)13/h5-8,11-12H,2-4H2,1H3. The molecule has 88 valence electrons. The molecule has 0 saturated heterocycles. The number of sulfone groups is 1. The quantitative estimate of drug-likeness (QED) is 0.607. The lowest BCUT2D eigenvalue weighted by Crippen LogP contribution is -2.25. The van der Waals surface area contributed by atoms with Crippen LogP contribution in [0.15, 0.2) is 29.2 Å². The number of hydrogen-bond acceptors (Lipinski definition) is 2. The number of benzene rings is 1. The fourth-order valence-electron chi connectivity index (χ4n) is 2.13. The van der Waals surface area contributed by atoms with E-state index in [-0.39, 0.29) is 9.17 Å². The van der Waals surface area contributed by atoms with Crippen molar-refractivity contribution in [3.05, 3.63) is 29.8 Å². The summed E-state index contributed by atoms with van der Waals surface area (Å²) in [5.74, 6) is 0. The van der Waals surface area contributed by atoms with Gasteiger partial charge in [-0.3, -0.25) is 0 Å². The Morgan fingerprint density at radius 1 is 1.19 bits per heavy atom. The normalized spacial score (nSPS) is 25.9. The Bertz CT molecular complexity index is 464. The molecule has 2 nitrogen and oxygen atoms in total. The van der Waals surface area contributed by atoms with E-state index in [9.17, 15) is 8.42 Å². The SMILES string of the molecule is Cc1ccc(S(=O)(=O)C2CCCC2I)cc1. The fraction of sp³-hybridized carbons (Fsp3) is 0.500. The van der Waals surface area contributed by atoms with Gasteiger partial charge in [-0.05, 0) is 31.9 Å². The molecule has 2 atom stereocenters. The number of aryl methyl sites for hydroxylation is 1. The zero-order valence-corrected chi connectivity index (χ0v) is 12.2.